The number of carbonyl (C=O) groups excluding carboxylic acids is 5. The first kappa shape index (κ1) is 52.8. The van der Waals surface area contributed by atoms with Crippen LogP contribution in [0.25, 0.3) is 0 Å². The van der Waals surface area contributed by atoms with Crippen LogP contribution in [0, 0.1) is 0 Å². The molecule has 2 aromatic rings. The predicted octanol–water partition coefficient (Wildman–Crippen LogP) is 6.08. The van der Waals surface area contributed by atoms with Gasteiger partial charge in [0.2, 0.25) is 29.5 Å². The lowest BCUT2D eigenvalue weighted by atomic mass is 10.1. The van der Waals surface area contributed by atoms with Gasteiger partial charge in [-0.15, -0.1) is 0 Å². The summed E-state index contributed by atoms with van der Waals surface area (Å²) in [5.74, 6) is -2.12. The van der Waals surface area contributed by atoms with Crippen molar-refractivity contribution in [1.82, 2.24) is 24.9 Å². The number of hydrogen-bond donors (Lipinski definition) is 4. The molecule has 0 aliphatic carbocycles. The summed E-state index contributed by atoms with van der Waals surface area (Å²) in [4.78, 5) is 74.5. The van der Waals surface area contributed by atoms with E-state index in [4.69, 9.17) is 17.2 Å². The second-order valence-corrected chi connectivity index (χ2v) is 16.4. The van der Waals surface area contributed by atoms with E-state index in [-0.39, 0.29) is 51.1 Å². The molecule has 0 radical (unpaired) electrons. The number of amides is 5. The van der Waals surface area contributed by atoms with Crippen molar-refractivity contribution in [1.29, 1.82) is 0 Å². The van der Waals surface area contributed by atoms with Crippen LogP contribution in [-0.2, 0) is 24.0 Å². The quantitative estimate of drug-likeness (QED) is 0.0601. The SMILES string of the molecule is CCCCCCCCCCCCCCNCC(=O)N(CCCCN)CC(=O)N(CC(=O)N(CC(=O)N(CCCCN)CC(N)=O)[C@H](C)c1ccccc1)[C@H](C)c1ccccc1. The molecule has 0 unspecified atom stereocenters. The number of unbranched alkanes of at least 4 members (excludes halogenated alkanes) is 13. The van der Waals surface area contributed by atoms with Crippen LogP contribution in [0.3, 0.4) is 0 Å². The van der Waals surface area contributed by atoms with Crippen LogP contribution in [0.5, 0.6) is 0 Å². The van der Waals surface area contributed by atoms with Crippen LogP contribution in [0.4, 0.5) is 0 Å². The second kappa shape index (κ2) is 32.4. The van der Waals surface area contributed by atoms with E-state index < -0.39 is 29.8 Å². The van der Waals surface area contributed by atoms with Crippen molar-refractivity contribution in [2.45, 2.75) is 136 Å². The van der Waals surface area contributed by atoms with Gasteiger partial charge in [0.1, 0.15) is 13.1 Å². The fraction of sp³-hybridized carbons (Fsp3) is 0.646. The van der Waals surface area contributed by atoms with E-state index in [1.807, 2.05) is 74.5 Å². The number of benzene rings is 2. The van der Waals surface area contributed by atoms with Crippen molar-refractivity contribution in [2.75, 3.05) is 65.4 Å². The van der Waals surface area contributed by atoms with E-state index in [0.29, 0.717) is 45.3 Å². The zero-order valence-corrected chi connectivity index (χ0v) is 37.9. The normalized spacial score (nSPS) is 12.1. The topological polar surface area (TPSA) is 188 Å². The summed E-state index contributed by atoms with van der Waals surface area (Å²) in [6, 6.07) is 17.7. The van der Waals surface area contributed by atoms with E-state index >= 15 is 0 Å². The summed E-state index contributed by atoms with van der Waals surface area (Å²) in [6.45, 7) is 7.12. The van der Waals surface area contributed by atoms with E-state index in [0.717, 1.165) is 30.5 Å². The molecule has 0 spiro atoms. The Morgan fingerprint density at radius 3 is 1.36 bits per heavy atom. The van der Waals surface area contributed by atoms with Crippen molar-refractivity contribution >= 4 is 29.5 Å². The first-order valence-corrected chi connectivity index (χ1v) is 23.2. The number of rotatable bonds is 35. The third-order valence-electron chi connectivity index (χ3n) is 11.4. The van der Waals surface area contributed by atoms with Gasteiger partial charge in [0.05, 0.1) is 31.7 Å². The Morgan fingerprint density at radius 1 is 0.508 bits per heavy atom. The van der Waals surface area contributed by atoms with E-state index in [1.54, 1.807) is 4.90 Å². The van der Waals surface area contributed by atoms with Crippen molar-refractivity contribution in [2.24, 2.45) is 17.2 Å². The molecule has 0 aromatic heterocycles. The summed E-state index contributed by atoms with van der Waals surface area (Å²) in [6.07, 6.45) is 17.7. The number of hydrogen-bond acceptors (Lipinski definition) is 8. The van der Waals surface area contributed by atoms with Gasteiger partial charge in [-0.2, -0.15) is 0 Å². The molecule has 0 aliphatic rings. The molecule has 5 amide bonds. The molecule has 61 heavy (non-hydrogen) atoms. The van der Waals surface area contributed by atoms with E-state index in [9.17, 15) is 24.0 Å². The zero-order chi connectivity index (χ0) is 44.7. The van der Waals surface area contributed by atoms with Crippen molar-refractivity contribution < 1.29 is 24.0 Å². The minimum Gasteiger partial charge on any atom is -0.368 e. The molecule has 0 saturated carbocycles. The van der Waals surface area contributed by atoms with Gasteiger partial charge in [0.15, 0.2) is 0 Å². The maximum atomic E-state index is 14.6. The molecule has 7 N–H and O–H groups in total. The Kier molecular flexibility index (Phi) is 28.0. The Morgan fingerprint density at radius 2 is 0.918 bits per heavy atom. The molecule has 0 heterocycles. The van der Waals surface area contributed by atoms with Crippen molar-refractivity contribution in [3.63, 3.8) is 0 Å². The van der Waals surface area contributed by atoms with Gasteiger partial charge in [-0.3, -0.25) is 24.0 Å². The van der Waals surface area contributed by atoms with Gasteiger partial charge in [-0.25, -0.2) is 0 Å². The third kappa shape index (κ3) is 21.8. The molecule has 13 nitrogen and oxygen atoms in total. The van der Waals surface area contributed by atoms with Crippen LogP contribution < -0.4 is 22.5 Å². The van der Waals surface area contributed by atoms with E-state index in [1.165, 1.54) is 78.9 Å². The van der Waals surface area contributed by atoms with Crippen LogP contribution >= 0.6 is 0 Å². The molecule has 0 saturated heterocycles. The van der Waals surface area contributed by atoms with Crippen LogP contribution in [-0.4, -0.2) is 115 Å². The summed E-state index contributed by atoms with van der Waals surface area (Å²) < 4.78 is 0. The van der Waals surface area contributed by atoms with Gasteiger partial charge >= 0.3 is 0 Å². The highest BCUT2D eigenvalue weighted by molar-refractivity contribution is 5.91. The fourth-order valence-electron chi connectivity index (χ4n) is 7.51. The smallest absolute Gasteiger partial charge is 0.243 e. The lowest BCUT2D eigenvalue weighted by molar-refractivity contribution is -0.149. The Hall–Kier alpha value is -4.33. The highest BCUT2D eigenvalue weighted by atomic mass is 16.2. The average molecular weight is 849 g/mol. The third-order valence-corrected chi connectivity index (χ3v) is 11.4. The summed E-state index contributed by atoms with van der Waals surface area (Å²) in [7, 11) is 0. The maximum absolute atomic E-state index is 14.6. The zero-order valence-electron chi connectivity index (χ0n) is 37.9. The fourth-order valence-corrected chi connectivity index (χ4v) is 7.51. The maximum Gasteiger partial charge on any atom is 0.243 e. The molecule has 2 aromatic carbocycles. The number of primary amides is 1. The monoisotopic (exact) mass is 849 g/mol. The molecule has 0 fully saturated rings. The highest BCUT2D eigenvalue weighted by Gasteiger charge is 2.32. The first-order valence-electron chi connectivity index (χ1n) is 23.2. The lowest BCUT2D eigenvalue weighted by Crippen LogP contribution is -2.52. The number of nitrogens with two attached hydrogens (primary N) is 3. The largest absolute Gasteiger partial charge is 0.368 e. The predicted molar refractivity (Wildman–Crippen MR) is 246 cm³/mol. The Bertz CT molecular complexity index is 1510. The molecule has 342 valence electrons. The molecular formula is C48H80N8O5. The molecule has 13 heteroatoms. The Labute approximate surface area is 367 Å². The van der Waals surface area contributed by atoms with Crippen molar-refractivity contribution in [3.05, 3.63) is 71.8 Å². The van der Waals surface area contributed by atoms with Crippen LogP contribution in [0.2, 0.25) is 0 Å². The average Bonchev–Trinajstić information content (AvgIpc) is 3.26. The van der Waals surface area contributed by atoms with Gasteiger partial charge in [0.25, 0.3) is 0 Å². The summed E-state index contributed by atoms with van der Waals surface area (Å²) in [5, 5.41) is 3.30. The van der Waals surface area contributed by atoms with Gasteiger partial charge < -0.3 is 42.1 Å². The lowest BCUT2D eigenvalue weighted by Gasteiger charge is -2.36. The molecule has 0 aliphatic heterocycles. The molecule has 2 atom stereocenters. The second-order valence-electron chi connectivity index (χ2n) is 16.4. The first-order chi connectivity index (χ1) is 29.5. The highest BCUT2D eigenvalue weighted by Crippen LogP contribution is 2.24. The van der Waals surface area contributed by atoms with E-state index in [2.05, 4.69) is 12.2 Å². The van der Waals surface area contributed by atoms with Gasteiger partial charge in [-0.05, 0) is 76.7 Å². The molecule has 2 rings (SSSR count). The number of carbonyl (C=O) groups is 5. The minimum atomic E-state index is -0.659. The van der Waals surface area contributed by atoms with Gasteiger partial charge in [-0.1, -0.05) is 138 Å². The summed E-state index contributed by atoms with van der Waals surface area (Å²) in [5.41, 5.74) is 18.6. The molecular weight excluding hydrogens is 769 g/mol. The summed E-state index contributed by atoms with van der Waals surface area (Å²) >= 11 is 0. The standard InChI is InChI=1S/C48H80N8O5/c1-4-5-6-7-8-9-10-11-12-13-14-23-32-52-35-45(58)54(34-25-22-31-50)37-47(60)56(41(3)43-28-19-16-20-29-43)39-48(61)55(40(2)42-26-17-15-18-27-42)38-46(59)53(36-44(51)57)33-24-21-30-49/h15-20,26-29,40-41,52H,4-14,21-25,30-39,49-50H2,1-3H3,(H2,51,57)/t40-,41-/m1/s1. The number of nitrogens with one attached hydrogen (secondary N) is 1. The van der Waals surface area contributed by atoms with Crippen LogP contribution in [0.15, 0.2) is 60.7 Å². The number of nitrogens with zero attached hydrogens (tertiary/aromatic N) is 4. The Balaban J connectivity index is 2.21. The minimum absolute atomic E-state index is 0.110. The van der Waals surface area contributed by atoms with Crippen molar-refractivity contribution in [3.8, 4) is 0 Å². The van der Waals surface area contributed by atoms with Crippen LogP contribution in [0.1, 0.15) is 147 Å². The molecule has 0 bridgehead atoms. The van der Waals surface area contributed by atoms with Gasteiger partial charge in [0, 0.05) is 13.1 Å².